The molecule has 20 heavy (non-hydrogen) atoms. The molecule has 1 atom stereocenters. The Morgan fingerprint density at radius 1 is 1.50 bits per heavy atom. The van der Waals surface area contributed by atoms with Crippen molar-refractivity contribution in [2.24, 2.45) is 17.1 Å². The molecule has 1 amide bonds. The van der Waals surface area contributed by atoms with Crippen LogP contribution < -0.4 is 11.1 Å². The molecule has 1 heterocycles. The highest BCUT2D eigenvalue weighted by molar-refractivity contribution is 5.90. The number of hydrogen-bond donors (Lipinski definition) is 2. The van der Waals surface area contributed by atoms with Crippen LogP contribution in [0.1, 0.15) is 39.7 Å². The summed E-state index contributed by atoms with van der Waals surface area (Å²) in [6.07, 6.45) is 2.10. The monoisotopic (exact) mass is 273 g/mol. The molecular weight excluding hydrogens is 250 g/mol. The van der Waals surface area contributed by atoms with Crippen LogP contribution in [-0.2, 0) is 4.79 Å². The van der Waals surface area contributed by atoms with E-state index >= 15 is 0 Å². The maximum atomic E-state index is 12.0. The SMILES string of the molecule is CC(CC(=O)Nc1cc(C#CCN)ccn1)C(C)(C)C. The van der Waals surface area contributed by atoms with Gasteiger partial charge in [0.05, 0.1) is 6.54 Å². The minimum absolute atomic E-state index is 0.0242. The molecule has 0 aliphatic rings. The van der Waals surface area contributed by atoms with Crippen molar-refractivity contribution in [2.45, 2.75) is 34.1 Å². The van der Waals surface area contributed by atoms with E-state index < -0.39 is 0 Å². The number of rotatable bonds is 3. The van der Waals surface area contributed by atoms with Gasteiger partial charge in [0.2, 0.25) is 5.91 Å². The maximum Gasteiger partial charge on any atom is 0.225 e. The van der Waals surface area contributed by atoms with E-state index in [1.165, 1.54) is 0 Å². The van der Waals surface area contributed by atoms with Crippen LogP contribution in [0.15, 0.2) is 18.3 Å². The van der Waals surface area contributed by atoms with Crippen molar-refractivity contribution in [3.8, 4) is 11.8 Å². The van der Waals surface area contributed by atoms with Crippen LogP contribution >= 0.6 is 0 Å². The molecule has 3 N–H and O–H groups in total. The average Bonchev–Trinajstić information content (AvgIpc) is 2.35. The van der Waals surface area contributed by atoms with Crippen LogP contribution in [0.5, 0.6) is 0 Å². The number of hydrogen-bond acceptors (Lipinski definition) is 3. The molecule has 1 aromatic rings. The first-order valence-corrected chi connectivity index (χ1v) is 6.77. The third-order valence-corrected chi connectivity index (χ3v) is 3.33. The number of nitrogens with one attached hydrogen (secondary N) is 1. The van der Waals surface area contributed by atoms with Crippen molar-refractivity contribution < 1.29 is 4.79 Å². The predicted molar refractivity (Wildman–Crippen MR) is 82.0 cm³/mol. The Bertz CT molecular complexity index is 521. The highest BCUT2D eigenvalue weighted by atomic mass is 16.1. The first kappa shape index (κ1) is 16.2. The van der Waals surface area contributed by atoms with Gasteiger partial charge in [0, 0.05) is 18.2 Å². The van der Waals surface area contributed by atoms with E-state index in [9.17, 15) is 4.79 Å². The Hall–Kier alpha value is -1.86. The van der Waals surface area contributed by atoms with Crippen LogP contribution in [0.2, 0.25) is 0 Å². The molecule has 0 aromatic carbocycles. The second-order valence-corrected chi connectivity index (χ2v) is 5.96. The predicted octanol–water partition coefficient (Wildman–Crippen LogP) is 2.40. The van der Waals surface area contributed by atoms with Gasteiger partial charge in [-0.05, 0) is 23.5 Å². The van der Waals surface area contributed by atoms with Gasteiger partial charge in [-0.3, -0.25) is 4.79 Å². The highest BCUT2D eigenvalue weighted by Crippen LogP contribution is 2.28. The van der Waals surface area contributed by atoms with Gasteiger partial charge in [0.25, 0.3) is 0 Å². The molecule has 0 fully saturated rings. The summed E-state index contributed by atoms with van der Waals surface area (Å²) < 4.78 is 0. The molecule has 0 radical (unpaired) electrons. The Balaban J connectivity index is 2.67. The number of amides is 1. The second-order valence-electron chi connectivity index (χ2n) is 5.96. The van der Waals surface area contributed by atoms with Crippen molar-refractivity contribution in [1.82, 2.24) is 4.98 Å². The van der Waals surface area contributed by atoms with Crippen molar-refractivity contribution in [2.75, 3.05) is 11.9 Å². The van der Waals surface area contributed by atoms with E-state index in [1.54, 1.807) is 18.3 Å². The van der Waals surface area contributed by atoms with E-state index in [2.05, 4.69) is 49.8 Å². The van der Waals surface area contributed by atoms with Crippen molar-refractivity contribution in [3.05, 3.63) is 23.9 Å². The normalized spacial score (nSPS) is 12.2. The number of carbonyl (C=O) groups excluding carboxylic acids is 1. The zero-order chi connectivity index (χ0) is 15.2. The molecule has 0 saturated heterocycles. The van der Waals surface area contributed by atoms with Crippen LogP contribution in [0.3, 0.4) is 0 Å². The average molecular weight is 273 g/mol. The molecule has 0 aliphatic carbocycles. The van der Waals surface area contributed by atoms with E-state index in [1.807, 2.05) is 0 Å². The summed E-state index contributed by atoms with van der Waals surface area (Å²) in [4.78, 5) is 16.1. The quantitative estimate of drug-likeness (QED) is 0.831. The molecule has 0 bridgehead atoms. The molecule has 1 unspecified atom stereocenters. The number of aromatic nitrogens is 1. The fourth-order valence-electron chi connectivity index (χ4n) is 1.51. The fraction of sp³-hybridized carbons (Fsp3) is 0.500. The lowest BCUT2D eigenvalue weighted by atomic mass is 9.80. The number of nitrogens with zero attached hydrogens (tertiary/aromatic N) is 1. The molecular formula is C16H23N3O. The molecule has 108 valence electrons. The summed E-state index contributed by atoms with van der Waals surface area (Å²) in [6.45, 7) is 8.79. The first-order valence-electron chi connectivity index (χ1n) is 6.77. The Kier molecular flexibility index (Phi) is 5.72. The number of pyridine rings is 1. The lowest BCUT2D eigenvalue weighted by Gasteiger charge is -2.26. The lowest BCUT2D eigenvalue weighted by molar-refractivity contribution is -0.117. The van der Waals surface area contributed by atoms with Crippen molar-refractivity contribution in [1.29, 1.82) is 0 Å². The Labute approximate surface area is 121 Å². The van der Waals surface area contributed by atoms with Crippen molar-refractivity contribution >= 4 is 11.7 Å². The van der Waals surface area contributed by atoms with Gasteiger partial charge >= 0.3 is 0 Å². The number of anilines is 1. The molecule has 4 nitrogen and oxygen atoms in total. The smallest absolute Gasteiger partial charge is 0.225 e. The Morgan fingerprint density at radius 2 is 2.20 bits per heavy atom. The van der Waals surface area contributed by atoms with Gasteiger partial charge in [0.15, 0.2) is 0 Å². The van der Waals surface area contributed by atoms with E-state index in [-0.39, 0.29) is 11.3 Å². The number of nitrogens with two attached hydrogens (primary N) is 1. The zero-order valence-corrected chi connectivity index (χ0v) is 12.7. The zero-order valence-electron chi connectivity index (χ0n) is 12.7. The minimum Gasteiger partial charge on any atom is -0.320 e. The minimum atomic E-state index is -0.0242. The van der Waals surface area contributed by atoms with E-state index in [4.69, 9.17) is 5.73 Å². The van der Waals surface area contributed by atoms with E-state index in [0.29, 0.717) is 24.7 Å². The summed E-state index contributed by atoms with van der Waals surface area (Å²) in [5.74, 6) is 6.49. The van der Waals surface area contributed by atoms with Gasteiger partial charge in [-0.1, -0.05) is 39.5 Å². The summed E-state index contributed by atoms with van der Waals surface area (Å²) in [7, 11) is 0. The maximum absolute atomic E-state index is 12.0. The van der Waals surface area contributed by atoms with Crippen LogP contribution in [-0.4, -0.2) is 17.4 Å². The van der Waals surface area contributed by atoms with Crippen LogP contribution in [0.25, 0.3) is 0 Å². The standard InChI is InChI=1S/C16H23N3O/c1-12(16(2,3)4)10-15(20)19-14-11-13(6-5-8-17)7-9-18-14/h7,9,11-12H,8,10,17H2,1-4H3,(H,18,19,20). The highest BCUT2D eigenvalue weighted by Gasteiger charge is 2.22. The Morgan fingerprint density at radius 3 is 2.80 bits per heavy atom. The lowest BCUT2D eigenvalue weighted by Crippen LogP contribution is -2.24. The molecule has 0 spiro atoms. The molecule has 1 rings (SSSR count). The summed E-state index contributed by atoms with van der Waals surface area (Å²) in [6, 6.07) is 3.54. The number of carbonyl (C=O) groups is 1. The van der Waals surface area contributed by atoms with Gasteiger partial charge in [-0.2, -0.15) is 0 Å². The topological polar surface area (TPSA) is 68.0 Å². The van der Waals surface area contributed by atoms with Crippen LogP contribution in [0, 0.1) is 23.2 Å². The van der Waals surface area contributed by atoms with Gasteiger partial charge < -0.3 is 11.1 Å². The van der Waals surface area contributed by atoms with Gasteiger partial charge in [0.1, 0.15) is 5.82 Å². The fourth-order valence-corrected chi connectivity index (χ4v) is 1.51. The third-order valence-electron chi connectivity index (χ3n) is 3.33. The summed E-state index contributed by atoms with van der Waals surface area (Å²) in [5, 5.41) is 2.81. The summed E-state index contributed by atoms with van der Waals surface area (Å²) in [5.41, 5.74) is 6.24. The second kappa shape index (κ2) is 7.06. The van der Waals surface area contributed by atoms with Gasteiger partial charge in [-0.25, -0.2) is 4.98 Å². The van der Waals surface area contributed by atoms with Crippen molar-refractivity contribution in [3.63, 3.8) is 0 Å². The largest absolute Gasteiger partial charge is 0.320 e. The van der Waals surface area contributed by atoms with Crippen LogP contribution in [0.4, 0.5) is 5.82 Å². The molecule has 0 saturated carbocycles. The van der Waals surface area contributed by atoms with Gasteiger partial charge in [-0.15, -0.1) is 0 Å². The molecule has 4 heteroatoms. The first-order chi connectivity index (χ1) is 9.32. The third kappa shape index (κ3) is 5.41. The van der Waals surface area contributed by atoms with E-state index in [0.717, 1.165) is 5.56 Å². The molecule has 1 aromatic heterocycles. The summed E-state index contributed by atoms with van der Waals surface area (Å²) >= 11 is 0. The molecule has 0 aliphatic heterocycles.